The zero-order valence-corrected chi connectivity index (χ0v) is 10.6. The van der Waals surface area contributed by atoms with Gasteiger partial charge in [0.25, 0.3) is 5.82 Å². The maximum absolute atomic E-state index is 11.3. The van der Waals surface area contributed by atoms with E-state index in [1.807, 2.05) is 60.7 Å². The van der Waals surface area contributed by atoms with Gasteiger partial charge < -0.3 is 0 Å². The number of amides is 1. The minimum absolute atomic E-state index is 0.00714. The number of hydrogen-bond donors (Lipinski definition) is 1. The van der Waals surface area contributed by atoms with Gasteiger partial charge in [-0.3, -0.25) is 0 Å². The second-order valence-electron chi connectivity index (χ2n) is 4.24. The van der Waals surface area contributed by atoms with E-state index in [9.17, 15) is 4.79 Å². The Hall–Kier alpha value is -2.79. The van der Waals surface area contributed by atoms with E-state index in [1.165, 1.54) is 0 Å². The first kappa shape index (κ1) is 12.3. The van der Waals surface area contributed by atoms with Crippen LogP contribution >= 0.6 is 0 Å². The van der Waals surface area contributed by atoms with Gasteiger partial charge in [0.05, 0.1) is 5.69 Å². The van der Waals surface area contributed by atoms with Gasteiger partial charge in [0.15, 0.2) is 5.82 Å². The van der Waals surface area contributed by atoms with Crippen LogP contribution in [0.5, 0.6) is 0 Å². The fraction of sp³-hybridized carbons (Fsp3) is 0. The van der Waals surface area contributed by atoms with Gasteiger partial charge in [0, 0.05) is 5.56 Å². The summed E-state index contributed by atoms with van der Waals surface area (Å²) in [4.78, 5) is 15.5. The SMILES string of the molecule is [NH2+]C(=O)c1nc(-c2ccccc2)n(-c2ccccc2)n1. The van der Waals surface area contributed by atoms with Gasteiger partial charge in [-0.25, -0.2) is 9.48 Å². The molecule has 0 spiro atoms. The lowest BCUT2D eigenvalue weighted by Gasteiger charge is -2.05. The molecule has 2 N–H and O–H groups in total. The van der Waals surface area contributed by atoms with Gasteiger partial charge in [0.1, 0.15) is 0 Å². The van der Waals surface area contributed by atoms with Crippen molar-refractivity contribution in [3.63, 3.8) is 0 Å². The van der Waals surface area contributed by atoms with Crippen LogP contribution in [-0.4, -0.2) is 20.7 Å². The summed E-state index contributed by atoms with van der Waals surface area (Å²) in [6, 6.07) is 19.1. The standard InChI is InChI=1S/C15H12N4O/c16-13(20)14-17-15(11-7-3-1-4-8-11)19(18-14)12-9-5-2-6-10-12/h1-10H,16H2/q+1. The molecule has 0 saturated heterocycles. The molecule has 0 bridgehead atoms. The summed E-state index contributed by atoms with van der Waals surface area (Å²) in [5, 5.41) is 4.19. The molecule has 1 amide bonds. The van der Waals surface area contributed by atoms with Crippen molar-refractivity contribution in [3.8, 4) is 17.1 Å². The van der Waals surface area contributed by atoms with Crippen molar-refractivity contribution in [1.29, 1.82) is 0 Å². The average Bonchev–Trinajstić information content (AvgIpc) is 2.94. The van der Waals surface area contributed by atoms with Crippen LogP contribution in [0.2, 0.25) is 0 Å². The normalized spacial score (nSPS) is 10.4. The van der Waals surface area contributed by atoms with E-state index in [-0.39, 0.29) is 5.82 Å². The highest BCUT2D eigenvalue weighted by atomic mass is 16.1. The monoisotopic (exact) mass is 264 g/mol. The van der Waals surface area contributed by atoms with E-state index >= 15 is 0 Å². The number of hydrogen-bond acceptors (Lipinski definition) is 3. The van der Waals surface area contributed by atoms with Gasteiger partial charge in [-0.05, 0) is 12.1 Å². The van der Waals surface area contributed by atoms with Crippen molar-refractivity contribution in [3.05, 3.63) is 66.5 Å². The molecule has 97 valence electrons. The van der Waals surface area contributed by atoms with Gasteiger partial charge in [-0.15, -0.1) is 10.8 Å². The quantitative estimate of drug-likeness (QED) is 0.770. The zero-order chi connectivity index (χ0) is 13.9. The molecule has 1 aromatic heterocycles. The van der Waals surface area contributed by atoms with Crippen LogP contribution in [0.1, 0.15) is 10.6 Å². The predicted molar refractivity (Wildman–Crippen MR) is 73.1 cm³/mol. The van der Waals surface area contributed by atoms with Gasteiger partial charge in [0.2, 0.25) is 0 Å². The first-order chi connectivity index (χ1) is 9.75. The summed E-state index contributed by atoms with van der Waals surface area (Å²) in [7, 11) is 0. The third-order valence-corrected chi connectivity index (χ3v) is 2.86. The summed E-state index contributed by atoms with van der Waals surface area (Å²) in [5.74, 6) is -0.0461. The minimum Gasteiger partial charge on any atom is -0.216 e. The number of primary amides is 1. The largest absolute Gasteiger partial charge is 0.429 e. The molecule has 0 saturated carbocycles. The first-order valence-corrected chi connectivity index (χ1v) is 6.13. The Kier molecular flexibility index (Phi) is 3.10. The first-order valence-electron chi connectivity index (χ1n) is 6.13. The summed E-state index contributed by atoms with van der Waals surface area (Å²) in [6.07, 6.45) is 0. The lowest BCUT2D eigenvalue weighted by Crippen LogP contribution is -2.57. The molecule has 1 heterocycles. The number of aromatic nitrogens is 3. The smallest absolute Gasteiger partial charge is 0.216 e. The summed E-state index contributed by atoms with van der Waals surface area (Å²) in [5.41, 5.74) is 6.97. The Labute approximate surface area is 115 Å². The molecule has 3 rings (SSSR count). The van der Waals surface area contributed by atoms with E-state index < -0.39 is 5.91 Å². The number of carbonyl (C=O) groups excluding carboxylic acids is 1. The Bertz CT molecular complexity index is 678. The van der Waals surface area contributed by atoms with Crippen LogP contribution in [0, 0.1) is 0 Å². The molecule has 3 aromatic rings. The Morgan fingerprint density at radius 3 is 2.15 bits per heavy atom. The molecule has 0 aliphatic carbocycles. The summed E-state index contributed by atoms with van der Waals surface area (Å²) in [6.45, 7) is 0. The highest BCUT2D eigenvalue weighted by Gasteiger charge is 2.19. The molecular formula is C15H12N4O+. The van der Waals surface area contributed by atoms with E-state index in [0.29, 0.717) is 5.82 Å². The van der Waals surface area contributed by atoms with Crippen LogP contribution in [0.4, 0.5) is 0 Å². The van der Waals surface area contributed by atoms with Crippen molar-refractivity contribution in [2.75, 3.05) is 0 Å². The number of benzene rings is 2. The van der Waals surface area contributed by atoms with Crippen molar-refractivity contribution in [1.82, 2.24) is 14.8 Å². The molecule has 5 nitrogen and oxygen atoms in total. The van der Waals surface area contributed by atoms with E-state index in [0.717, 1.165) is 11.3 Å². The Morgan fingerprint density at radius 2 is 1.55 bits per heavy atom. The molecule has 0 aliphatic heterocycles. The van der Waals surface area contributed by atoms with E-state index in [1.54, 1.807) is 4.68 Å². The fourth-order valence-electron chi connectivity index (χ4n) is 1.94. The molecule has 0 aliphatic rings. The molecule has 5 heteroatoms. The number of para-hydroxylation sites is 1. The van der Waals surface area contributed by atoms with Crippen molar-refractivity contribution in [2.24, 2.45) is 0 Å². The molecule has 20 heavy (non-hydrogen) atoms. The minimum atomic E-state index is -0.642. The van der Waals surface area contributed by atoms with Crippen LogP contribution in [0.3, 0.4) is 0 Å². The van der Waals surface area contributed by atoms with Crippen molar-refractivity contribution >= 4 is 5.91 Å². The molecule has 0 unspecified atom stereocenters. The van der Waals surface area contributed by atoms with E-state index in [4.69, 9.17) is 5.73 Å². The Morgan fingerprint density at radius 1 is 0.950 bits per heavy atom. The molecule has 2 aromatic carbocycles. The summed E-state index contributed by atoms with van der Waals surface area (Å²) >= 11 is 0. The van der Waals surface area contributed by atoms with Gasteiger partial charge in [-0.2, -0.15) is 4.98 Å². The number of nitrogens with two attached hydrogens (primary N) is 1. The topological polar surface area (TPSA) is 73.1 Å². The lowest BCUT2D eigenvalue weighted by atomic mass is 10.2. The maximum Gasteiger partial charge on any atom is 0.429 e. The van der Waals surface area contributed by atoms with Gasteiger partial charge in [-0.1, -0.05) is 48.5 Å². The lowest BCUT2D eigenvalue weighted by molar-refractivity contribution is -0.256. The molecule has 0 atom stereocenters. The average molecular weight is 264 g/mol. The van der Waals surface area contributed by atoms with Crippen LogP contribution in [0.25, 0.3) is 17.1 Å². The highest BCUT2D eigenvalue weighted by molar-refractivity contribution is 5.82. The van der Waals surface area contributed by atoms with Crippen LogP contribution in [-0.2, 0) is 0 Å². The highest BCUT2D eigenvalue weighted by Crippen LogP contribution is 2.20. The third-order valence-electron chi connectivity index (χ3n) is 2.86. The summed E-state index contributed by atoms with van der Waals surface area (Å²) < 4.78 is 1.62. The second-order valence-corrected chi connectivity index (χ2v) is 4.24. The van der Waals surface area contributed by atoms with Crippen LogP contribution in [0.15, 0.2) is 60.7 Å². The van der Waals surface area contributed by atoms with Crippen molar-refractivity contribution < 1.29 is 10.5 Å². The Balaban J connectivity index is 2.20. The second kappa shape index (κ2) is 5.07. The maximum atomic E-state index is 11.3. The molecular weight excluding hydrogens is 252 g/mol. The number of rotatable bonds is 3. The molecule has 1 radical (unpaired) electrons. The van der Waals surface area contributed by atoms with Gasteiger partial charge >= 0.3 is 5.91 Å². The number of carbonyl (C=O) groups is 1. The fourth-order valence-corrected chi connectivity index (χ4v) is 1.94. The number of nitrogens with zero attached hydrogens (tertiary/aromatic N) is 3. The molecule has 0 fully saturated rings. The third kappa shape index (κ3) is 2.22. The zero-order valence-electron chi connectivity index (χ0n) is 10.6. The predicted octanol–water partition coefficient (Wildman–Crippen LogP) is 1.10. The van der Waals surface area contributed by atoms with Crippen LogP contribution < -0.4 is 5.73 Å². The van der Waals surface area contributed by atoms with Crippen molar-refractivity contribution in [2.45, 2.75) is 0 Å². The van der Waals surface area contributed by atoms with E-state index in [2.05, 4.69) is 10.1 Å².